The van der Waals surface area contributed by atoms with Gasteiger partial charge in [-0.2, -0.15) is 0 Å². The number of ether oxygens (including phenoxy) is 1. The fraction of sp³-hybridized carbons (Fsp3) is 0.455. The van der Waals surface area contributed by atoms with Crippen LogP contribution in [-0.4, -0.2) is 49.7 Å². The van der Waals surface area contributed by atoms with Gasteiger partial charge in [0.25, 0.3) is 0 Å². The minimum Gasteiger partial charge on any atom is -0.470 e. The van der Waals surface area contributed by atoms with Gasteiger partial charge in [0.1, 0.15) is 12.2 Å². The van der Waals surface area contributed by atoms with E-state index >= 15 is 0 Å². The number of nitro groups is 1. The normalized spacial score (nSPS) is 30.9. The molecular formula is C11H13NO6S. The minimum absolute atomic E-state index is 0.0210. The molecule has 1 fully saturated rings. The predicted molar refractivity (Wildman–Crippen MR) is 68.0 cm³/mol. The first-order chi connectivity index (χ1) is 9.00. The lowest BCUT2D eigenvalue weighted by atomic mass is 10.1. The van der Waals surface area contributed by atoms with Crippen LogP contribution >= 0.6 is 11.8 Å². The van der Waals surface area contributed by atoms with Gasteiger partial charge in [-0.25, -0.2) is 0 Å². The molecule has 104 valence electrons. The van der Waals surface area contributed by atoms with Crippen molar-refractivity contribution in [1.82, 2.24) is 0 Å². The third-order valence-electron chi connectivity index (χ3n) is 2.76. The molecule has 2 rings (SSSR count). The summed E-state index contributed by atoms with van der Waals surface area (Å²) in [6.45, 7) is 0. The second kappa shape index (κ2) is 5.74. The summed E-state index contributed by atoms with van der Waals surface area (Å²) in [5.41, 5.74) is -1.07. The summed E-state index contributed by atoms with van der Waals surface area (Å²) in [5, 5.41) is 39.5. The van der Waals surface area contributed by atoms with Gasteiger partial charge in [0.2, 0.25) is 0 Å². The Morgan fingerprint density at radius 1 is 1.26 bits per heavy atom. The first-order valence-electron chi connectivity index (χ1n) is 5.56. The molecule has 1 saturated heterocycles. The zero-order valence-electron chi connectivity index (χ0n) is 9.75. The summed E-state index contributed by atoms with van der Waals surface area (Å²) in [6, 6.07) is 5.80. The smallest absolute Gasteiger partial charge is 0.310 e. The van der Waals surface area contributed by atoms with Crippen molar-refractivity contribution in [3.8, 4) is 5.75 Å². The Hall–Kier alpha value is -1.35. The lowest BCUT2D eigenvalue weighted by Crippen LogP contribution is -2.50. The SMILES string of the molecule is O=[N+]([O-])c1ccccc1O[C@H]1SC[C@@H](O)[C@H](O)[C@H]1O. The Morgan fingerprint density at radius 2 is 1.95 bits per heavy atom. The number of nitrogens with zero attached hydrogens (tertiary/aromatic N) is 1. The molecule has 4 atom stereocenters. The number of para-hydroxylation sites is 2. The number of hydrogen-bond acceptors (Lipinski definition) is 7. The summed E-state index contributed by atoms with van der Waals surface area (Å²) in [6.07, 6.45) is -3.67. The van der Waals surface area contributed by atoms with E-state index < -0.39 is 28.7 Å². The molecule has 0 aromatic heterocycles. The highest BCUT2D eigenvalue weighted by atomic mass is 32.2. The molecule has 0 unspecified atom stereocenters. The number of aliphatic hydroxyl groups excluding tert-OH is 3. The first kappa shape index (κ1) is 14.1. The van der Waals surface area contributed by atoms with E-state index in [0.29, 0.717) is 0 Å². The molecule has 1 aliphatic heterocycles. The Morgan fingerprint density at radius 3 is 2.63 bits per heavy atom. The summed E-state index contributed by atoms with van der Waals surface area (Å²) in [5.74, 6) is 0.205. The van der Waals surface area contributed by atoms with Gasteiger partial charge in [-0.15, -0.1) is 11.8 Å². The summed E-state index contributed by atoms with van der Waals surface area (Å²) >= 11 is 1.09. The Labute approximate surface area is 113 Å². The maximum Gasteiger partial charge on any atom is 0.310 e. The van der Waals surface area contributed by atoms with Crippen molar-refractivity contribution in [3.63, 3.8) is 0 Å². The molecule has 0 radical (unpaired) electrons. The average molecular weight is 287 g/mol. The number of benzene rings is 1. The van der Waals surface area contributed by atoms with Gasteiger partial charge in [-0.1, -0.05) is 12.1 Å². The summed E-state index contributed by atoms with van der Waals surface area (Å²) in [7, 11) is 0. The number of nitro benzene ring substituents is 1. The van der Waals surface area contributed by atoms with E-state index in [2.05, 4.69) is 0 Å². The van der Waals surface area contributed by atoms with Crippen molar-refractivity contribution < 1.29 is 25.0 Å². The second-order valence-corrected chi connectivity index (χ2v) is 5.22. The van der Waals surface area contributed by atoms with Crippen LogP contribution in [0.3, 0.4) is 0 Å². The van der Waals surface area contributed by atoms with E-state index in [1.165, 1.54) is 18.2 Å². The third-order valence-corrected chi connectivity index (χ3v) is 4.00. The number of aliphatic hydroxyl groups is 3. The van der Waals surface area contributed by atoms with Gasteiger partial charge in [-0.05, 0) is 6.07 Å². The van der Waals surface area contributed by atoms with Crippen LogP contribution in [0.1, 0.15) is 0 Å². The van der Waals surface area contributed by atoms with E-state index in [4.69, 9.17) is 4.74 Å². The number of rotatable bonds is 3. The zero-order chi connectivity index (χ0) is 14.0. The molecule has 1 aromatic rings. The molecule has 1 heterocycles. The van der Waals surface area contributed by atoms with Gasteiger partial charge >= 0.3 is 5.69 Å². The van der Waals surface area contributed by atoms with Crippen LogP contribution in [0, 0.1) is 10.1 Å². The molecule has 1 aromatic carbocycles. The molecular weight excluding hydrogens is 274 g/mol. The van der Waals surface area contributed by atoms with Crippen molar-refractivity contribution in [3.05, 3.63) is 34.4 Å². The van der Waals surface area contributed by atoms with Crippen LogP contribution in [0.2, 0.25) is 0 Å². The zero-order valence-corrected chi connectivity index (χ0v) is 10.6. The predicted octanol–water partition coefficient (Wildman–Crippen LogP) is 0.129. The number of hydrogen-bond donors (Lipinski definition) is 3. The first-order valence-corrected chi connectivity index (χ1v) is 6.61. The van der Waals surface area contributed by atoms with Crippen LogP contribution in [0.5, 0.6) is 5.75 Å². The molecule has 7 nitrogen and oxygen atoms in total. The largest absolute Gasteiger partial charge is 0.470 e. The highest BCUT2D eigenvalue weighted by Crippen LogP contribution is 2.33. The van der Waals surface area contributed by atoms with Gasteiger partial charge in [0, 0.05) is 11.8 Å². The molecule has 0 spiro atoms. The van der Waals surface area contributed by atoms with Crippen molar-refractivity contribution in [2.75, 3.05) is 5.75 Å². The maximum atomic E-state index is 10.8. The van der Waals surface area contributed by atoms with Gasteiger partial charge in [0.15, 0.2) is 11.2 Å². The van der Waals surface area contributed by atoms with E-state index in [0.717, 1.165) is 11.8 Å². The fourth-order valence-electron chi connectivity index (χ4n) is 1.72. The molecule has 1 aliphatic rings. The topological polar surface area (TPSA) is 113 Å². The van der Waals surface area contributed by atoms with Crippen LogP contribution in [0.25, 0.3) is 0 Å². The van der Waals surface area contributed by atoms with E-state index in [9.17, 15) is 25.4 Å². The van der Waals surface area contributed by atoms with Crippen LogP contribution in [0.4, 0.5) is 5.69 Å². The lowest BCUT2D eigenvalue weighted by molar-refractivity contribution is -0.386. The fourth-order valence-corrected chi connectivity index (χ4v) is 2.83. The standard InChI is InChI=1S/C11H13NO6S/c13-7-5-19-11(10(15)9(7)14)18-8-4-2-1-3-6(8)12(16)17/h1-4,7,9-11,13-15H,5H2/t7-,9+,10-,11+/m1/s1. The molecule has 0 amide bonds. The molecule has 8 heteroatoms. The van der Waals surface area contributed by atoms with Crippen molar-refractivity contribution >= 4 is 17.4 Å². The minimum atomic E-state index is -1.32. The van der Waals surface area contributed by atoms with E-state index in [-0.39, 0.29) is 17.2 Å². The molecule has 0 saturated carbocycles. The Bertz CT molecular complexity index is 470. The third kappa shape index (κ3) is 2.98. The summed E-state index contributed by atoms with van der Waals surface area (Å²) in [4.78, 5) is 10.2. The van der Waals surface area contributed by atoms with E-state index in [1.54, 1.807) is 6.07 Å². The van der Waals surface area contributed by atoms with Gasteiger partial charge in [0.05, 0.1) is 11.0 Å². The molecule has 19 heavy (non-hydrogen) atoms. The average Bonchev–Trinajstić information content (AvgIpc) is 2.40. The number of thioether (sulfide) groups is 1. The Kier molecular flexibility index (Phi) is 4.25. The van der Waals surface area contributed by atoms with Crippen LogP contribution in [-0.2, 0) is 0 Å². The van der Waals surface area contributed by atoms with Gasteiger partial charge < -0.3 is 20.1 Å². The molecule has 3 N–H and O–H groups in total. The van der Waals surface area contributed by atoms with Crippen LogP contribution in [0.15, 0.2) is 24.3 Å². The van der Waals surface area contributed by atoms with Gasteiger partial charge in [-0.3, -0.25) is 10.1 Å². The van der Waals surface area contributed by atoms with E-state index in [1.807, 2.05) is 0 Å². The highest BCUT2D eigenvalue weighted by molar-refractivity contribution is 7.99. The van der Waals surface area contributed by atoms with Crippen LogP contribution < -0.4 is 4.74 Å². The molecule has 0 bridgehead atoms. The quantitative estimate of drug-likeness (QED) is 0.535. The monoisotopic (exact) mass is 287 g/mol. The second-order valence-electron chi connectivity index (χ2n) is 4.09. The Balaban J connectivity index is 2.15. The molecule has 0 aliphatic carbocycles. The maximum absolute atomic E-state index is 10.8. The lowest BCUT2D eigenvalue weighted by Gasteiger charge is -2.34. The summed E-state index contributed by atoms with van der Waals surface area (Å²) < 4.78 is 5.38. The van der Waals surface area contributed by atoms with Crippen molar-refractivity contribution in [2.45, 2.75) is 23.7 Å². The highest BCUT2D eigenvalue weighted by Gasteiger charge is 2.39. The van der Waals surface area contributed by atoms with Crippen molar-refractivity contribution in [1.29, 1.82) is 0 Å². The van der Waals surface area contributed by atoms with Crippen molar-refractivity contribution in [2.24, 2.45) is 0 Å².